The van der Waals surface area contributed by atoms with Crippen molar-refractivity contribution in [2.45, 2.75) is 13.0 Å². The first-order chi connectivity index (χ1) is 5.77. The van der Waals surface area contributed by atoms with Crippen molar-refractivity contribution in [3.63, 3.8) is 0 Å². The minimum Gasteiger partial charge on any atom is -0.463 e. The molecule has 2 aromatic rings. The van der Waals surface area contributed by atoms with E-state index in [1.165, 1.54) is 0 Å². The Kier molecular flexibility index (Phi) is 1.59. The fourth-order valence-corrected chi connectivity index (χ4v) is 1.11. The maximum atomic E-state index is 9.23. The quantitative estimate of drug-likeness (QED) is 0.698. The van der Waals surface area contributed by atoms with E-state index in [0.29, 0.717) is 5.69 Å². The molecular formula is C9H9NO2. The number of rotatable bonds is 1. The van der Waals surface area contributed by atoms with E-state index in [4.69, 9.17) is 4.42 Å². The zero-order valence-electron chi connectivity index (χ0n) is 6.69. The van der Waals surface area contributed by atoms with Crippen LogP contribution in [0.5, 0.6) is 0 Å². The van der Waals surface area contributed by atoms with Gasteiger partial charge in [0.25, 0.3) is 0 Å². The van der Waals surface area contributed by atoms with Crippen LogP contribution in [0.25, 0.3) is 11.0 Å². The molecule has 2 rings (SSSR count). The van der Waals surface area contributed by atoms with Gasteiger partial charge in [-0.3, -0.25) is 4.98 Å². The Balaban J connectivity index is 2.60. The summed E-state index contributed by atoms with van der Waals surface area (Å²) in [7, 11) is 0. The smallest absolute Gasteiger partial charge is 0.152 e. The van der Waals surface area contributed by atoms with Crippen molar-refractivity contribution >= 4 is 11.0 Å². The SMILES string of the molecule is C[C@H](O)c1cc2ccoc2cn1. The molecule has 2 aromatic heterocycles. The van der Waals surface area contributed by atoms with Gasteiger partial charge in [0.05, 0.1) is 24.3 Å². The Morgan fingerprint density at radius 2 is 2.42 bits per heavy atom. The number of furan rings is 1. The summed E-state index contributed by atoms with van der Waals surface area (Å²) in [6.07, 6.45) is 2.71. The minimum atomic E-state index is -0.524. The third-order valence-electron chi connectivity index (χ3n) is 1.79. The summed E-state index contributed by atoms with van der Waals surface area (Å²) in [5.74, 6) is 0. The molecule has 62 valence electrons. The van der Waals surface area contributed by atoms with Crippen molar-refractivity contribution < 1.29 is 9.52 Å². The van der Waals surface area contributed by atoms with Gasteiger partial charge in [0.15, 0.2) is 5.58 Å². The highest BCUT2D eigenvalue weighted by Crippen LogP contribution is 2.18. The Hall–Kier alpha value is -1.35. The fraction of sp³-hybridized carbons (Fsp3) is 0.222. The Morgan fingerprint density at radius 3 is 3.17 bits per heavy atom. The van der Waals surface area contributed by atoms with Crippen molar-refractivity contribution in [2.24, 2.45) is 0 Å². The molecule has 0 aliphatic heterocycles. The summed E-state index contributed by atoms with van der Waals surface area (Å²) in [6, 6.07) is 3.67. The van der Waals surface area contributed by atoms with Crippen LogP contribution in [0.4, 0.5) is 0 Å². The molecule has 1 atom stereocenters. The zero-order valence-corrected chi connectivity index (χ0v) is 6.69. The topological polar surface area (TPSA) is 46.3 Å². The van der Waals surface area contributed by atoms with Gasteiger partial charge in [-0.05, 0) is 19.1 Å². The lowest BCUT2D eigenvalue weighted by Crippen LogP contribution is -1.93. The molecule has 0 amide bonds. The molecular weight excluding hydrogens is 154 g/mol. The second kappa shape index (κ2) is 2.60. The molecule has 3 nitrogen and oxygen atoms in total. The monoisotopic (exact) mass is 163 g/mol. The highest BCUT2D eigenvalue weighted by Gasteiger charge is 2.04. The lowest BCUT2D eigenvalue weighted by Gasteiger charge is -2.01. The van der Waals surface area contributed by atoms with Crippen LogP contribution in [0.2, 0.25) is 0 Å². The van der Waals surface area contributed by atoms with E-state index in [-0.39, 0.29) is 0 Å². The second-order valence-corrected chi connectivity index (χ2v) is 2.74. The van der Waals surface area contributed by atoms with Crippen molar-refractivity contribution in [2.75, 3.05) is 0 Å². The van der Waals surface area contributed by atoms with Gasteiger partial charge in [0.2, 0.25) is 0 Å². The number of aliphatic hydroxyl groups excluding tert-OH is 1. The predicted molar refractivity (Wildman–Crippen MR) is 44.6 cm³/mol. The molecule has 0 radical (unpaired) electrons. The van der Waals surface area contributed by atoms with Crippen molar-refractivity contribution in [3.05, 3.63) is 30.3 Å². The summed E-state index contributed by atoms with van der Waals surface area (Å²) in [5.41, 5.74) is 1.42. The van der Waals surface area contributed by atoms with Crippen molar-refractivity contribution in [1.29, 1.82) is 0 Å². The lowest BCUT2D eigenvalue weighted by molar-refractivity contribution is 0.194. The van der Waals surface area contributed by atoms with Crippen molar-refractivity contribution in [3.8, 4) is 0 Å². The van der Waals surface area contributed by atoms with Crippen LogP contribution < -0.4 is 0 Å². The first kappa shape index (κ1) is 7.31. The molecule has 0 spiro atoms. The highest BCUT2D eigenvalue weighted by atomic mass is 16.3. The lowest BCUT2D eigenvalue weighted by atomic mass is 10.2. The van der Waals surface area contributed by atoms with Gasteiger partial charge in [0.1, 0.15) is 0 Å². The average Bonchev–Trinajstić information content (AvgIpc) is 2.49. The minimum absolute atomic E-state index is 0.524. The van der Waals surface area contributed by atoms with E-state index in [9.17, 15) is 5.11 Å². The summed E-state index contributed by atoms with van der Waals surface area (Å²) < 4.78 is 5.11. The molecule has 0 saturated carbocycles. The number of hydrogen-bond acceptors (Lipinski definition) is 3. The molecule has 0 saturated heterocycles. The third kappa shape index (κ3) is 1.08. The molecule has 0 aliphatic carbocycles. The molecule has 12 heavy (non-hydrogen) atoms. The first-order valence-electron chi connectivity index (χ1n) is 3.78. The van der Waals surface area contributed by atoms with Gasteiger partial charge in [-0.15, -0.1) is 0 Å². The van der Waals surface area contributed by atoms with Crippen LogP contribution >= 0.6 is 0 Å². The molecule has 2 heterocycles. The van der Waals surface area contributed by atoms with E-state index < -0.39 is 6.10 Å². The summed E-state index contributed by atoms with van der Waals surface area (Å²) in [5, 5.41) is 10.2. The average molecular weight is 163 g/mol. The molecule has 0 aliphatic rings. The fourth-order valence-electron chi connectivity index (χ4n) is 1.11. The second-order valence-electron chi connectivity index (χ2n) is 2.74. The maximum Gasteiger partial charge on any atom is 0.152 e. The molecule has 0 unspecified atom stereocenters. The van der Waals surface area contributed by atoms with E-state index in [1.54, 1.807) is 19.4 Å². The van der Waals surface area contributed by atoms with Crippen LogP contribution in [0.3, 0.4) is 0 Å². The molecule has 1 N–H and O–H groups in total. The zero-order chi connectivity index (χ0) is 8.55. The summed E-state index contributed by atoms with van der Waals surface area (Å²) in [6.45, 7) is 1.69. The normalized spacial score (nSPS) is 13.5. The number of pyridine rings is 1. The third-order valence-corrected chi connectivity index (χ3v) is 1.79. The van der Waals surface area contributed by atoms with E-state index in [2.05, 4.69) is 4.98 Å². The molecule has 0 bridgehead atoms. The van der Waals surface area contributed by atoms with Gasteiger partial charge in [-0.2, -0.15) is 0 Å². The largest absolute Gasteiger partial charge is 0.463 e. The van der Waals surface area contributed by atoms with E-state index in [0.717, 1.165) is 11.0 Å². The molecule has 0 fully saturated rings. The Morgan fingerprint density at radius 1 is 1.58 bits per heavy atom. The first-order valence-corrected chi connectivity index (χ1v) is 3.78. The summed E-state index contributed by atoms with van der Waals surface area (Å²) >= 11 is 0. The van der Waals surface area contributed by atoms with Crippen molar-refractivity contribution in [1.82, 2.24) is 4.98 Å². The Labute approximate surface area is 69.7 Å². The van der Waals surface area contributed by atoms with Gasteiger partial charge >= 0.3 is 0 Å². The van der Waals surface area contributed by atoms with Crippen LogP contribution in [-0.2, 0) is 0 Å². The van der Waals surface area contributed by atoms with Crippen LogP contribution in [-0.4, -0.2) is 10.1 Å². The van der Waals surface area contributed by atoms with Gasteiger partial charge in [-0.25, -0.2) is 0 Å². The predicted octanol–water partition coefficient (Wildman–Crippen LogP) is 1.88. The van der Waals surface area contributed by atoms with Gasteiger partial charge in [0, 0.05) is 5.39 Å². The number of aromatic nitrogens is 1. The van der Waals surface area contributed by atoms with E-state index in [1.807, 2.05) is 12.1 Å². The molecule has 3 heteroatoms. The van der Waals surface area contributed by atoms with E-state index >= 15 is 0 Å². The maximum absolute atomic E-state index is 9.23. The molecule has 0 aromatic carbocycles. The number of nitrogens with zero attached hydrogens (tertiary/aromatic N) is 1. The van der Waals surface area contributed by atoms with Crippen LogP contribution in [0.1, 0.15) is 18.7 Å². The van der Waals surface area contributed by atoms with Crippen LogP contribution in [0.15, 0.2) is 29.0 Å². The Bertz CT molecular complexity index is 392. The van der Waals surface area contributed by atoms with Gasteiger partial charge in [-0.1, -0.05) is 0 Å². The number of hydrogen-bond donors (Lipinski definition) is 1. The summed E-state index contributed by atoms with van der Waals surface area (Å²) in [4.78, 5) is 4.03. The number of aliphatic hydroxyl groups is 1. The number of fused-ring (bicyclic) bond motifs is 1. The highest BCUT2D eigenvalue weighted by molar-refractivity contribution is 5.76. The van der Waals surface area contributed by atoms with Crippen LogP contribution in [0, 0.1) is 0 Å². The van der Waals surface area contributed by atoms with Gasteiger partial charge < -0.3 is 9.52 Å². The standard InChI is InChI=1S/C9H9NO2/c1-6(11)8-4-7-2-3-12-9(7)5-10-8/h2-6,11H,1H3/t6-/m0/s1.